The molecule has 0 heterocycles. The molecule has 86 valence electrons. The molecule has 1 saturated carbocycles. The van der Waals surface area contributed by atoms with E-state index in [2.05, 4.69) is 4.74 Å². The predicted molar refractivity (Wildman–Crippen MR) is 58.0 cm³/mol. The van der Waals surface area contributed by atoms with Gasteiger partial charge in [-0.3, -0.25) is 0 Å². The Morgan fingerprint density at radius 2 is 1.81 bits per heavy atom. The first kappa shape index (κ1) is 11.1. The molecule has 1 aromatic rings. The second kappa shape index (κ2) is 3.90. The summed E-state index contributed by atoms with van der Waals surface area (Å²) in [6, 6.07) is 5.86. The minimum atomic E-state index is -3.17. The number of esters is 1. The summed E-state index contributed by atoms with van der Waals surface area (Å²) in [5.74, 6) is -0.463. The Labute approximate surface area is 94.2 Å². The third-order valence-corrected chi connectivity index (χ3v) is 4.85. The SMILES string of the molecule is COC(=O)c1ccc(S(=O)(=O)C2CC2)cc1. The Hall–Kier alpha value is -1.36. The molecule has 1 aromatic carbocycles. The van der Waals surface area contributed by atoms with Crippen LogP contribution in [0.5, 0.6) is 0 Å². The van der Waals surface area contributed by atoms with Gasteiger partial charge >= 0.3 is 5.97 Å². The number of benzene rings is 1. The van der Waals surface area contributed by atoms with Crippen molar-refractivity contribution in [3.63, 3.8) is 0 Å². The van der Waals surface area contributed by atoms with Gasteiger partial charge < -0.3 is 4.74 Å². The first-order chi connectivity index (χ1) is 7.55. The van der Waals surface area contributed by atoms with Crippen molar-refractivity contribution in [3.8, 4) is 0 Å². The lowest BCUT2D eigenvalue weighted by Gasteiger charge is -2.03. The Balaban J connectivity index is 2.29. The number of carbonyl (C=O) groups is 1. The van der Waals surface area contributed by atoms with E-state index in [-0.39, 0.29) is 10.1 Å². The second-order valence-electron chi connectivity index (χ2n) is 3.76. The lowest BCUT2D eigenvalue weighted by atomic mass is 10.2. The Morgan fingerprint density at radius 1 is 1.25 bits per heavy atom. The molecular weight excluding hydrogens is 228 g/mol. The molecule has 0 bridgehead atoms. The predicted octanol–water partition coefficient (Wildman–Crippen LogP) is 1.41. The highest BCUT2D eigenvalue weighted by molar-refractivity contribution is 7.92. The standard InChI is InChI=1S/C11H12O4S/c1-15-11(12)8-2-4-9(5-3-8)16(13,14)10-6-7-10/h2-5,10H,6-7H2,1H3. The van der Waals surface area contributed by atoms with Crippen LogP contribution in [0, 0.1) is 0 Å². The molecule has 1 aliphatic rings. The average molecular weight is 240 g/mol. The van der Waals surface area contributed by atoms with Gasteiger partial charge in [0.15, 0.2) is 9.84 Å². The van der Waals surface area contributed by atoms with Crippen LogP contribution in [0.4, 0.5) is 0 Å². The molecule has 0 unspecified atom stereocenters. The zero-order valence-corrected chi connectivity index (χ0v) is 9.66. The van der Waals surface area contributed by atoms with Gasteiger partial charge in [-0.25, -0.2) is 13.2 Å². The largest absolute Gasteiger partial charge is 0.465 e. The van der Waals surface area contributed by atoms with Crippen LogP contribution < -0.4 is 0 Å². The Bertz CT molecular complexity index is 497. The molecule has 0 N–H and O–H groups in total. The number of methoxy groups -OCH3 is 1. The van der Waals surface area contributed by atoms with Gasteiger partial charge in [-0.15, -0.1) is 0 Å². The molecule has 2 rings (SSSR count). The molecular formula is C11H12O4S. The van der Waals surface area contributed by atoms with Crippen LogP contribution in [-0.4, -0.2) is 26.7 Å². The van der Waals surface area contributed by atoms with Gasteiger partial charge in [0.25, 0.3) is 0 Å². The van der Waals surface area contributed by atoms with Gasteiger partial charge in [0, 0.05) is 0 Å². The number of ether oxygens (including phenoxy) is 1. The fraction of sp³-hybridized carbons (Fsp3) is 0.364. The fourth-order valence-corrected chi connectivity index (χ4v) is 3.13. The smallest absolute Gasteiger partial charge is 0.337 e. The summed E-state index contributed by atoms with van der Waals surface area (Å²) in [6.45, 7) is 0. The lowest BCUT2D eigenvalue weighted by Crippen LogP contribution is -2.08. The maximum Gasteiger partial charge on any atom is 0.337 e. The average Bonchev–Trinajstić information content (AvgIpc) is 3.12. The molecule has 16 heavy (non-hydrogen) atoms. The van der Waals surface area contributed by atoms with Crippen LogP contribution in [0.15, 0.2) is 29.2 Å². The van der Waals surface area contributed by atoms with Crippen molar-refractivity contribution in [2.45, 2.75) is 23.0 Å². The fourth-order valence-electron chi connectivity index (χ4n) is 1.47. The first-order valence-electron chi connectivity index (χ1n) is 4.98. The van der Waals surface area contributed by atoms with E-state index in [1.807, 2.05) is 0 Å². The first-order valence-corrected chi connectivity index (χ1v) is 6.52. The van der Waals surface area contributed by atoms with Crippen molar-refractivity contribution in [2.75, 3.05) is 7.11 Å². The van der Waals surface area contributed by atoms with E-state index in [9.17, 15) is 13.2 Å². The minimum Gasteiger partial charge on any atom is -0.465 e. The number of carbonyl (C=O) groups excluding carboxylic acids is 1. The van der Waals surface area contributed by atoms with Crippen LogP contribution in [-0.2, 0) is 14.6 Å². The molecule has 1 fully saturated rings. The summed E-state index contributed by atoms with van der Waals surface area (Å²) in [5.41, 5.74) is 0.359. The summed E-state index contributed by atoms with van der Waals surface area (Å²) in [5, 5.41) is -0.225. The summed E-state index contributed by atoms with van der Waals surface area (Å²) in [4.78, 5) is 11.4. The highest BCUT2D eigenvalue weighted by Crippen LogP contribution is 2.33. The Kier molecular flexibility index (Phi) is 2.71. The maximum atomic E-state index is 11.8. The van der Waals surface area contributed by atoms with Gasteiger partial charge in [-0.2, -0.15) is 0 Å². The molecule has 4 nitrogen and oxygen atoms in total. The third kappa shape index (κ3) is 1.95. The Morgan fingerprint density at radius 3 is 2.25 bits per heavy atom. The molecule has 0 aromatic heterocycles. The van der Waals surface area contributed by atoms with Crippen LogP contribution >= 0.6 is 0 Å². The number of rotatable bonds is 3. The summed E-state index contributed by atoms with van der Waals surface area (Å²) in [6.07, 6.45) is 1.47. The highest BCUT2D eigenvalue weighted by Gasteiger charge is 2.36. The monoisotopic (exact) mass is 240 g/mol. The molecule has 5 heteroatoms. The zero-order chi connectivity index (χ0) is 11.8. The van der Waals surface area contributed by atoms with Crippen molar-refractivity contribution in [1.29, 1.82) is 0 Å². The van der Waals surface area contributed by atoms with Crippen LogP contribution in [0.2, 0.25) is 0 Å². The normalized spacial score (nSPS) is 15.8. The van der Waals surface area contributed by atoms with E-state index < -0.39 is 15.8 Å². The van der Waals surface area contributed by atoms with E-state index in [1.54, 1.807) is 0 Å². The minimum absolute atomic E-state index is 0.225. The molecule has 0 aliphatic heterocycles. The molecule has 0 saturated heterocycles. The molecule has 0 spiro atoms. The molecule has 0 amide bonds. The van der Waals surface area contributed by atoms with E-state index >= 15 is 0 Å². The highest BCUT2D eigenvalue weighted by atomic mass is 32.2. The summed E-state index contributed by atoms with van der Waals surface area (Å²) < 4.78 is 28.2. The van der Waals surface area contributed by atoms with E-state index in [4.69, 9.17) is 0 Å². The van der Waals surface area contributed by atoms with Crippen molar-refractivity contribution < 1.29 is 17.9 Å². The van der Waals surface area contributed by atoms with Crippen LogP contribution in [0.1, 0.15) is 23.2 Å². The van der Waals surface area contributed by atoms with E-state index in [1.165, 1.54) is 31.4 Å². The van der Waals surface area contributed by atoms with Gasteiger partial charge in [-0.1, -0.05) is 0 Å². The van der Waals surface area contributed by atoms with Crippen LogP contribution in [0.3, 0.4) is 0 Å². The van der Waals surface area contributed by atoms with Crippen LogP contribution in [0.25, 0.3) is 0 Å². The van der Waals surface area contributed by atoms with Crippen molar-refractivity contribution >= 4 is 15.8 Å². The topological polar surface area (TPSA) is 60.4 Å². The van der Waals surface area contributed by atoms with Gasteiger partial charge in [0.1, 0.15) is 0 Å². The van der Waals surface area contributed by atoms with E-state index in [0.29, 0.717) is 5.56 Å². The molecule has 1 aliphatic carbocycles. The number of sulfone groups is 1. The van der Waals surface area contributed by atoms with Crippen molar-refractivity contribution in [2.24, 2.45) is 0 Å². The zero-order valence-electron chi connectivity index (χ0n) is 8.84. The number of hydrogen-bond donors (Lipinski definition) is 0. The van der Waals surface area contributed by atoms with Gasteiger partial charge in [0.05, 0.1) is 22.8 Å². The summed E-state index contributed by atoms with van der Waals surface area (Å²) in [7, 11) is -1.88. The van der Waals surface area contributed by atoms with Gasteiger partial charge in [-0.05, 0) is 37.1 Å². The third-order valence-electron chi connectivity index (χ3n) is 2.57. The second-order valence-corrected chi connectivity index (χ2v) is 5.99. The molecule has 0 radical (unpaired) electrons. The maximum absolute atomic E-state index is 11.8. The van der Waals surface area contributed by atoms with Gasteiger partial charge in [0.2, 0.25) is 0 Å². The number of hydrogen-bond acceptors (Lipinski definition) is 4. The quantitative estimate of drug-likeness (QED) is 0.749. The summed E-state index contributed by atoms with van der Waals surface area (Å²) >= 11 is 0. The van der Waals surface area contributed by atoms with Crippen molar-refractivity contribution in [1.82, 2.24) is 0 Å². The molecule has 0 atom stereocenters. The van der Waals surface area contributed by atoms with E-state index in [0.717, 1.165) is 12.8 Å². The lowest BCUT2D eigenvalue weighted by molar-refractivity contribution is 0.0600. The van der Waals surface area contributed by atoms with Crippen molar-refractivity contribution in [3.05, 3.63) is 29.8 Å².